The fourth-order valence-corrected chi connectivity index (χ4v) is 2.77. The highest BCUT2D eigenvalue weighted by Gasteiger charge is 2.13. The van der Waals surface area contributed by atoms with E-state index < -0.39 is 0 Å². The summed E-state index contributed by atoms with van der Waals surface area (Å²) in [6.07, 6.45) is 1.92. The number of hydrogen-bond acceptors (Lipinski definition) is 3. The van der Waals surface area contributed by atoms with E-state index in [1.54, 1.807) is 42.4 Å². The van der Waals surface area contributed by atoms with Crippen molar-refractivity contribution in [2.24, 2.45) is 0 Å². The molecule has 0 bridgehead atoms. The third-order valence-electron chi connectivity index (χ3n) is 3.97. The SMILES string of the molecule is C=CCN(Cc1ccc(OC)cc1)C(=O)CCNC(=O)c1ccc(Br)cc1. The molecule has 0 unspecified atom stereocenters. The predicted octanol–water partition coefficient (Wildman–Crippen LogP) is 3.79. The van der Waals surface area contributed by atoms with Gasteiger partial charge < -0.3 is 15.0 Å². The van der Waals surface area contributed by atoms with Crippen LogP contribution in [0.4, 0.5) is 0 Å². The standard InChI is InChI=1S/C21H23BrN2O3/c1-3-14-24(15-16-4-10-19(27-2)11-5-16)20(25)12-13-23-21(26)17-6-8-18(22)9-7-17/h3-11H,1,12-15H2,2H3,(H,23,26). The monoisotopic (exact) mass is 430 g/mol. The zero-order valence-electron chi connectivity index (χ0n) is 15.3. The Labute approximate surface area is 168 Å². The summed E-state index contributed by atoms with van der Waals surface area (Å²) >= 11 is 3.34. The van der Waals surface area contributed by atoms with Crippen LogP contribution in [-0.2, 0) is 11.3 Å². The molecule has 2 amide bonds. The van der Waals surface area contributed by atoms with Crippen molar-refractivity contribution in [3.05, 3.63) is 76.8 Å². The molecule has 142 valence electrons. The van der Waals surface area contributed by atoms with Gasteiger partial charge >= 0.3 is 0 Å². The van der Waals surface area contributed by atoms with Gasteiger partial charge in [0.25, 0.3) is 5.91 Å². The van der Waals surface area contributed by atoms with Crippen molar-refractivity contribution in [2.45, 2.75) is 13.0 Å². The molecule has 0 saturated heterocycles. The molecule has 2 rings (SSSR count). The van der Waals surface area contributed by atoms with Gasteiger partial charge in [-0.2, -0.15) is 0 Å². The molecule has 0 aliphatic rings. The number of hydrogen-bond donors (Lipinski definition) is 1. The van der Waals surface area contributed by atoms with Crippen LogP contribution in [0.1, 0.15) is 22.3 Å². The number of carbonyl (C=O) groups is 2. The summed E-state index contributed by atoms with van der Waals surface area (Å²) in [7, 11) is 1.62. The number of carbonyl (C=O) groups excluding carboxylic acids is 2. The first-order chi connectivity index (χ1) is 13.0. The van der Waals surface area contributed by atoms with Crippen LogP contribution >= 0.6 is 15.9 Å². The number of halogens is 1. The molecule has 1 N–H and O–H groups in total. The fraction of sp³-hybridized carbons (Fsp3) is 0.238. The highest BCUT2D eigenvalue weighted by atomic mass is 79.9. The van der Waals surface area contributed by atoms with Crippen molar-refractivity contribution < 1.29 is 14.3 Å². The Morgan fingerprint density at radius 3 is 2.41 bits per heavy atom. The molecule has 2 aromatic rings. The van der Waals surface area contributed by atoms with Gasteiger partial charge in [0.2, 0.25) is 5.91 Å². The van der Waals surface area contributed by atoms with Gasteiger partial charge in [-0.05, 0) is 42.0 Å². The molecule has 0 heterocycles. The Morgan fingerprint density at radius 2 is 1.81 bits per heavy atom. The summed E-state index contributed by atoms with van der Waals surface area (Å²) in [5, 5.41) is 2.78. The van der Waals surface area contributed by atoms with Crippen molar-refractivity contribution in [2.75, 3.05) is 20.2 Å². The highest BCUT2D eigenvalue weighted by molar-refractivity contribution is 9.10. The third-order valence-corrected chi connectivity index (χ3v) is 4.49. The van der Waals surface area contributed by atoms with Crippen LogP contribution in [0.25, 0.3) is 0 Å². The molecule has 0 fully saturated rings. The molecule has 6 heteroatoms. The van der Waals surface area contributed by atoms with E-state index in [0.29, 0.717) is 18.7 Å². The maximum Gasteiger partial charge on any atom is 0.251 e. The van der Waals surface area contributed by atoms with Gasteiger partial charge in [0.05, 0.1) is 7.11 Å². The summed E-state index contributed by atoms with van der Waals surface area (Å²) in [6.45, 7) is 4.93. The second-order valence-electron chi connectivity index (χ2n) is 5.92. The van der Waals surface area contributed by atoms with Gasteiger partial charge in [-0.3, -0.25) is 9.59 Å². The number of nitrogens with zero attached hydrogens (tertiary/aromatic N) is 1. The molecule has 0 aromatic heterocycles. The summed E-state index contributed by atoms with van der Waals surface area (Å²) in [4.78, 5) is 26.3. The maximum absolute atomic E-state index is 12.5. The highest BCUT2D eigenvalue weighted by Crippen LogP contribution is 2.14. The number of amides is 2. The maximum atomic E-state index is 12.5. The largest absolute Gasteiger partial charge is 0.497 e. The minimum absolute atomic E-state index is 0.0400. The first-order valence-corrected chi connectivity index (χ1v) is 9.38. The first kappa shape index (κ1) is 20.7. The van der Waals surface area contributed by atoms with E-state index >= 15 is 0 Å². The van der Waals surface area contributed by atoms with Gasteiger partial charge in [0.15, 0.2) is 0 Å². The van der Waals surface area contributed by atoms with E-state index in [0.717, 1.165) is 15.8 Å². The van der Waals surface area contributed by atoms with E-state index in [2.05, 4.69) is 27.8 Å². The normalized spacial score (nSPS) is 10.1. The second kappa shape index (κ2) is 10.5. The van der Waals surface area contributed by atoms with Crippen molar-refractivity contribution in [3.8, 4) is 5.75 Å². The average molecular weight is 431 g/mol. The minimum atomic E-state index is -0.194. The lowest BCUT2D eigenvalue weighted by Crippen LogP contribution is -2.34. The number of ether oxygens (including phenoxy) is 1. The van der Waals surface area contributed by atoms with Gasteiger partial charge in [-0.25, -0.2) is 0 Å². The summed E-state index contributed by atoms with van der Waals surface area (Å²) in [5.74, 6) is 0.540. The third kappa shape index (κ3) is 6.57. The van der Waals surface area contributed by atoms with Crippen LogP contribution in [0.3, 0.4) is 0 Å². The number of benzene rings is 2. The Balaban J connectivity index is 1.87. The van der Waals surface area contributed by atoms with Gasteiger partial charge in [0, 0.05) is 36.1 Å². The fourth-order valence-electron chi connectivity index (χ4n) is 2.51. The zero-order chi connectivity index (χ0) is 19.6. The topological polar surface area (TPSA) is 58.6 Å². The predicted molar refractivity (Wildman–Crippen MR) is 110 cm³/mol. The van der Waals surface area contributed by atoms with Crippen LogP contribution in [0.2, 0.25) is 0 Å². The van der Waals surface area contributed by atoms with Crippen LogP contribution < -0.4 is 10.1 Å². The van der Waals surface area contributed by atoms with E-state index in [1.165, 1.54) is 0 Å². The quantitative estimate of drug-likeness (QED) is 0.615. The lowest BCUT2D eigenvalue weighted by molar-refractivity contribution is -0.131. The Morgan fingerprint density at radius 1 is 1.15 bits per heavy atom. The van der Waals surface area contributed by atoms with Crippen LogP contribution in [-0.4, -0.2) is 36.9 Å². The summed E-state index contributed by atoms with van der Waals surface area (Å²) in [5.41, 5.74) is 1.57. The van der Waals surface area contributed by atoms with Crippen molar-refractivity contribution in [1.82, 2.24) is 10.2 Å². The van der Waals surface area contributed by atoms with Crippen molar-refractivity contribution in [1.29, 1.82) is 0 Å². The van der Waals surface area contributed by atoms with E-state index in [9.17, 15) is 9.59 Å². The molecule has 0 atom stereocenters. The molecule has 0 radical (unpaired) electrons. The smallest absolute Gasteiger partial charge is 0.251 e. The van der Waals surface area contributed by atoms with Crippen molar-refractivity contribution >= 4 is 27.7 Å². The molecule has 0 aliphatic heterocycles. The molecule has 5 nitrogen and oxygen atoms in total. The molecule has 0 saturated carbocycles. The molecule has 2 aromatic carbocycles. The molecular formula is C21H23BrN2O3. The Kier molecular flexibility index (Phi) is 8.07. The molecular weight excluding hydrogens is 408 g/mol. The summed E-state index contributed by atoms with van der Waals surface area (Å²) in [6, 6.07) is 14.7. The summed E-state index contributed by atoms with van der Waals surface area (Å²) < 4.78 is 6.06. The molecule has 0 aliphatic carbocycles. The van der Waals surface area contributed by atoms with Crippen LogP contribution in [0.15, 0.2) is 65.7 Å². The van der Waals surface area contributed by atoms with Crippen LogP contribution in [0, 0.1) is 0 Å². The number of rotatable bonds is 9. The van der Waals surface area contributed by atoms with Gasteiger partial charge in [-0.15, -0.1) is 6.58 Å². The molecule has 27 heavy (non-hydrogen) atoms. The molecule has 0 spiro atoms. The first-order valence-electron chi connectivity index (χ1n) is 8.59. The zero-order valence-corrected chi connectivity index (χ0v) is 16.9. The van der Waals surface area contributed by atoms with E-state index in [4.69, 9.17) is 4.74 Å². The van der Waals surface area contributed by atoms with Crippen LogP contribution in [0.5, 0.6) is 5.75 Å². The number of methoxy groups -OCH3 is 1. The van der Waals surface area contributed by atoms with Gasteiger partial charge in [-0.1, -0.05) is 34.1 Å². The Hall–Kier alpha value is -2.60. The minimum Gasteiger partial charge on any atom is -0.497 e. The number of nitrogens with one attached hydrogen (secondary N) is 1. The van der Waals surface area contributed by atoms with Gasteiger partial charge in [0.1, 0.15) is 5.75 Å². The van der Waals surface area contributed by atoms with E-state index in [1.807, 2.05) is 24.3 Å². The Bertz CT molecular complexity index is 773. The second-order valence-corrected chi connectivity index (χ2v) is 6.84. The van der Waals surface area contributed by atoms with Crippen molar-refractivity contribution in [3.63, 3.8) is 0 Å². The lowest BCUT2D eigenvalue weighted by Gasteiger charge is -2.21. The van der Waals surface area contributed by atoms with E-state index in [-0.39, 0.29) is 24.8 Å². The lowest BCUT2D eigenvalue weighted by atomic mass is 10.2. The average Bonchev–Trinajstić information content (AvgIpc) is 2.68.